The lowest BCUT2D eigenvalue weighted by Crippen LogP contribution is -2.11. The van der Waals surface area contributed by atoms with E-state index in [9.17, 15) is 0 Å². The van der Waals surface area contributed by atoms with Gasteiger partial charge in [-0.15, -0.1) is 11.6 Å². The van der Waals surface area contributed by atoms with E-state index in [1.807, 2.05) is 6.07 Å². The molecule has 0 aromatic heterocycles. The predicted octanol–water partition coefficient (Wildman–Crippen LogP) is 6.75. The van der Waals surface area contributed by atoms with Crippen LogP contribution in [0.25, 0.3) is 10.8 Å². The Hall–Kier alpha value is -1.41. The van der Waals surface area contributed by atoms with Crippen molar-refractivity contribution in [2.45, 2.75) is 52.9 Å². The first-order chi connectivity index (χ1) is 12.2. The van der Waals surface area contributed by atoms with Crippen molar-refractivity contribution in [1.82, 2.24) is 0 Å². The smallest absolute Gasteiger partial charge is 0.122 e. The molecule has 0 spiro atoms. The van der Waals surface area contributed by atoms with Crippen molar-refractivity contribution in [1.29, 1.82) is 0 Å². The second kappa shape index (κ2) is 10.6. The normalized spacial score (nSPS) is 12.3. The summed E-state index contributed by atoms with van der Waals surface area (Å²) < 4.78 is 11.9. The van der Waals surface area contributed by atoms with Gasteiger partial charge in [-0.3, -0.25) is 0 Å². The zero-order valence-electron chi connectivity index (χ0n) is 15.8. The summed E-state index contributed by atoms with van der Waals surface area (Å²) in [5.41, 5.74) is 1.17. The molecular weight excluding hydrogens is 332 g/mol. The van der Waals surface area contributed by atoms with E-state index in [4.69, 9.17) is 21.1 Å². The van der Waals surface area contributed by atoms with Crippen LogP contribution in [0.3, 0.4) is 0 Å². The number of hydrogen-bond acceptors (Lipinski definition) is 2. The quantitative estimate of drug-likeness (QED) is 0.325. The third-order valence-electron chi connectivity index (χ3n) is 4.78. The molecule has 2 rings (SSSR count). The summed E-state index contributed by atoms with van der Waals surface area (Å²) in [4.78, 5) is 0. The summed E-state index contributed by atoms with van der Waals surface area (Å²) in [5, 5.41) is 2.41. The molecule has 0 fully saturated rings. The molecule has 0 aliphatic heterocycles. The van der Waals surface area contributed by atoms with Gasteiger partial charge < -0.3 is 9.47 Å². The summed E-state index contributed by atoms with van der Waals surface area (Å²) in [5.74, 6) is 3.18. The van der Waals surface area contributed by atoms with Gasteiger partial charge in [0.25, 0.3) is 0 Å². The average Bonchev–Trinajstić information content (AvgIpc) is 2.64. The van der Waals surface area contributed by atoms with Crippen LogP contribution in [0.1, 0.15) is 51.5 Å². The molecule has 25 heavy (non-hydrogen) atoms. The summed E-state index contributed by atoms with van der Waals surface area (Å²) in [6.45, 7) is 8.07. The fourth-order valence-electron chi connectivity index (χ4n) is 3.04. The first-order valence-corrected chi connectivity index (χ1v) is 10.1. The molecule has 0 aliphatic carbocycles. The number of halogens is 1. The minimum atomic E-state index is 0.629. The maximum Gasteiger partial charge on any atom is 0.122 e. The number of fused-ring (bicyclic) bond motifs is 1. The van der Waals surface area contributed by atoms with Gasteiger partial charge in [-0.1, -0.05) is 45.2 Å². The highest BCUT2D eigenvalue weighted by molar-refractivity contribution is 6.17. The lowest BCUT2D eigenvalue weighted by molar-refractivity contribution is 0.233. The van der Waals surface area contributed by atoms with Crippen molar-refractivity contribution in [2.24, 2.45) is 5.92 Å². The fraction of sp³-hybridized carbons (Fsp3) is 0.545. The molecule has 0 saturated heterocycles. The average molecular weight is 363 g/mol. The van der Waals surface area contributed by atoms with E-state index in [1.54, 1.807) is 0 Å². The number of rotatable bonds is 11. The molecule has 2 aromatic rings. The largest absolute Gasteiger partial charge is 0.493 e. The van der Waals surface area contributed by atoms with E-state index in [1.165, 1.54) is 42.0 Å². The Kier molecular flexibility index (Phi) is 8.40. The zero-order valence-corrected chi connectivity index (χ0v) is 16.6. The van der Waals surface area contributed by atoms with E-state index in [0.29, 0.717) is 18.4 Å². The Morgan fingerprint density at radius 1 is 1.04 bits per heavy atom. The highest BCUT2D eigenvalue weighted by Crippen LogP contribution is 2.30. The van der Waals surface area contributed by atoms with Crippen molar-refractivity contribution >= 4 is 22.4 Å². The Balaban J connectivity index is 2.05. The van der Waals surface area contributed by atoms with Gasteiger partial charge >= 0.3 is 0 Å². The SMILES string of the molecule is CCCCC(CC)COc1ccc2c(C)c(OCCCCl)ccc2c1. The number of alkyl halides is 1. The number of hydrogen-bond donors (Lipinski definition) is 0. The Morgan fingerprint density at radius 3 is 2.60 bits per heavy atom. The van der Waals surface area contributed by atoms with Crippen LogP contribution in [0, 0.1) is 12.8 Å². The highest BCUT2D eigenvalue weighted by atomic mass is 35.5. The molecule has 1 atom stereocenters. The zero-order chi connectivity index (χ0) is 18.1. The van der Waals surface area contributed by atoms with Crippen LogP contribution in [0.2, 0.25) is 0 Å². The molecule has 0 heterocycles. The van der Waals surface area contributed by atoms with Crippen LogP contribution >= 0.6 is 11.6 Å². The van der Waals surface area contributed by atoms with Gasteiger partial charge in [0.1, 0.15) is 11.5 Å². The second-order valence-corrected chi connectivity index (χ2v) is 7.07. The van der Waals surface area contributed by atoms with E-state index in [0.717, 1.165) is 24.5 Å². The molecule has 0 bridgehead atoms. The van der Waals surface area contributed by atoms with Crippen molar-refractivity contribution in [3.63, 3.8) is 0 Å². The molecule has 0 amide bonds. The monoisotopic (exact) mass is 362 g/mol. The first kappa shape index (κ1) is 19.9. The first-order valence-electron chi connectivity index (χ1n) is 9.54. The van der Waals surface area contributed by atoms with Gasteiger partial charge in [0, 0.05) is 5.88 Å². The number of benzene rings is 2. The Labute approximate surface area is 157 Å². The molecule has 0 radical (unpaired) electrons. The Morgan fingerprint density at radius 2 is 1.88 bits per heavy atom. The minimum Gasteiger partial charge on any atom is -0.493 e. The lowest BCUT2D eigenvalue weighted by atomic mass is 10.0. The van der Waals surface area contributed by atoms with Gasteiger partial charge in [-0.25, -0.2) is 0 Å². The molecule has 3 heteroatoms. The van der Waals surface area contributed by atoms with Gasteiger partial charge in [0.15, 0.2) is 0 Å². The highest BCUT2D eigenvalue weighted by Gasteiger charge is 2.09. The number of ether oxygens (including phenoxy) is 2. The van der Waals surface area contributed by atoms with Crippen molar-refractivity contribution in [3.05, 3.63) is 35.9 Å². The summed E-state index contributed by atoms with van der Waals surface area (Å²) >= 11 is 5.72. The van der Waals surface area contributed by atoms with Crippen molar-refractivity contribution < 1.29 is 9.47 Å². The van der Waals surface area contributed by atoms with Gasteiger partial charge in [0.05, 0.1) is 13.2 Å². The molecular formula is C22H31ClO2. The van der Waals surface area contributed by atoms with Crippen molar-refractivity contribution in [2.75, 3.05) is 19.1 Å². The standard InChI is InChI=1S/C22H31ClO2/c1-4-6-8-18(5-2)16-25-20-10-11-21-17(3)22(24-14-7-13-23)12-9-19(21)15-20/h9-12,15,18H,4-8,13-14,16H2,1-3H3. The third kappa shape index (κ3) is 5.81. The maximum atomic E-state index is 6.07. The molecule has 1 unspecified atom stereocenters. The summed E-state index contributed by atoms with van der Waals surface area (Å²) in [6.07, 6.45) is 5.83. The minimum absolute atomic E-state index is 0.629. The lowest BCUT2D eigenvalue weighted by Gasteiger charge is -2.16. The van der Waals surface area contributed by atoms with Crippen LogP contribution < -0.4 is 9.47 Å². The molecule has 2 nitrogen and oxygen atoms in total. The second-order valence-electron chi connectivity index (χ2n) is 6.69. The molecule has 2 aromatic carbocycles. The van der Waals surface area contributed by atoms with E-state index >= 15 is 0 Å². The maximum absolute atomic E-state index is 6.07. The Bertz CT molecular complexity index is 654. The predicted molar refractivity (Wildman–Crippen MR) is 108 cm³/mol. The van der Waals surface area contributed by atoms with Crippen LogP contribution in [0.15, 0.2) is 30.3 Å². The number of unbranched alkanes of at least 4 members (excludes halogenated alkanes) is 1. The summed E-state index contributed by atoms with van der Waals surface area (Å²) in [6, 6.07) is 10.5. The van der Waals surface area contributed by atoms with Gasteiger partial charge in [0.2, 0.25) is 0 Å². The van der Waals surface area contributed by atoms with Gasteiger partial charge in [-0.05, 0) is 60.2 Å². The van der Waals surface area contributed by atoms with Gasteiger partial charge in [-0.2, -0.15) is 0 Å². The topological polar surface area (TPSA) is 18.5 Å². The van der Waals surface area contributed by atoms with E-state index in [-0.39, 0.29) is 0 Å². The summed E-state index contributed by atoms with van der Waals surface area (Å²) in [7, 11) is 0. The molecule has 0 aliphatic rings. The van der Waals surface area contributed by atoms with Crippen LogP contribution in [-0.4, -0.2) is 19.1 Å². The third-order valence-corrected chi connectivity index (χ3v) is 5.04. The van der Waals surface area contributed by atoms with Crippen LogP contribution in [-0.2, 0) is 0 Å². The molecule has 0 N–H and O–H groups in total. The molecule has 138 valence electrons. The van der Waals surface area contributed by atoms with Crippen LogP contribution in [0.5, 0.6) is 11.5 Å². The molecule has 0 saturated carbocycles. The number of aryl methyl sites for hydroxylation is 1. The van der Waals surface area contributed by atoms with E-state index in [2.05, 4.69) is 45.0 Å². The van der Waals surface area contributed by atoms with E-state index < -0.39 is 0 Å². The van der Waals surface area contributed by atoms with Crippen LogP contribution in [0.4, 0.5) is 0 Å². The fourth-order valence-corrected chi connectivity index (χ4v) is 3.15. The van der Waals surface area contributed by atoms with Crippen molar-refractivity contribution in [3.8, 4) is 11.5 Å².